The van der Waals surface area contributed by atoms with E-state index in [4.69, 9.17) is 9.84 Å². The summed E-state index contributed by atoms with van der Waals surface area (Å²) in [6.07, 6.45) is 0. The fourth-order valence-corrected chi connectivity index (χ4v) is 1.35. The van der Waals surface area contributed by atoms with Gasteiger partial charge < -0.3 is 19.9 Å². The van der Waals surface area contributed by atoms with E-state index in [1.807, 2.05) is 0 Å². The molecule has 8 heteroatoms. The Balaban J connectivity index is 3.03. The first-order valence-corrected chi connectivity index (χ1v) is 5.51. The highest BCUT2D eigenvalue weighted by atomic mass is 19.3. The van der Waals surface area contributed by atoms with Gasteiger partial charge in [-0.15, -0.1) is 0 Å². The van der Waals surface area contributed by atoms with Crippen molar-refractivity contribution in [2.45, 2.75) is 19.6 Å². The van der Waals surface area contributed by atoms with E-state index in [-0.39, 0.29) is 11.3 Å². The summed E-state index contributed by atoms with van der Waals surface area (Å²) in [5.74, 6) is -2.25. The molecule has 6 nitrogen and oxygen atoms in total. The van der Waals surface area contributed by atoms with Crippen LogP contribution in [0.3, 0.4) is 0 Å². The summed E-state index contributed by atoms with van der Waals surface area (Å²) in [6.45, 7) is -1.87. The van der Waals surface area contributed by atoms with E-state index >= 15 is 0 Å². The summed E-state index contributed by atoms with van der Waals surface area (Å²) in [5, 5.41) is 10.8. The first kappa shape index (κ1) is 15.7. The standard InChI is InChI=1S/C12H13F2NO5/c1-6(11(17)18)15-10(16)8-4-3-7(19-2)5-9(8)20-12(13)14/h3-6,12H,1-2H3,(H,15,16)(H,17,18)/t6-/m1/s1. The number of halogens is 2. The van der Waals surface area contributed by atoms with E-state index in [0.29, 0.717) is 0 Å². The summed E-state index contributed by atoms with van der Waals surface area (Å²) in [6, 6.07) is 2.54. The van der Waals surface area contributed by atoms with Gasteiger partial charge in [0.05, 0.1) is 12.7 Å². The molecule has 0 saturated heterocycles. The van der Waals surface area contributed by atoms with Crippen molar-refractivity contribution >= 4 is 11.9 Å². The SMILES string of the molecule is COc1ccc(C(=O)N[C@H](C)C(=O)O)c(OC(F)F)c1. The number of carboxylic acids is 1. The number of rotatable bonds is 6. The Bertz CT molecular complexity index is 507. The van der Waals surface area contributed by atoms with Crippen molar-refractivity contribution in [3.63, 3.8) is 0 Å². The monoisotopic (exact) mass is 289 g/mol. The molecule has 0 unspecified atom stereocenters. The van der Waals surface area contributed by atoms with Gasteiger partial charge >= 0.3 is 12.6 Å². The molecule has 1 aromatic carbocycles. The van der Waals surface area contributed by atoms with E-state index in [1.54, 1.807) is 0 Å². The zero-order chi connectivity index (χ0) is 15.3. The molecule has 1 aromatic rings. The number of hydrogen-bond donors (Lipinski definition) is 2. The lowest BCUT2D eigenvalue weighted by molar-refractivity contribution is -0.138. The number of carboxylic acid groups (broad SMARTS) is 1. The van der Waals surface area contributed by atoms with Crippen molar-refractivity contribution in [1.29, 1.82) is 0 Å². The summed E-state index contributed by atoms with van der Waals surface area (Å²) in [4.78, 5) is 22.5. The molecule has 0 aliphatic rings. The number of methoxy groups -OCH3 is 1. The summed E-state index contributed by atoms with van der Waals surface area (Å²) >= 11 is 0. The molecule has 0 aliphatic carbocycles. The van der Waals surface area contributed by atoms with Crippen LogP contribution >= 0.6 is 0 Å². The second-order valence-corrected chi connectivity index (χ2v) is 3.77. The Kier molecular flexibility index (Phi) is 5.24. The number of hydrogen-bond acceptors (Lipinski definition) is 4. The van der Waals surface area contributed by atoms with Crippen LogP contribution in [0.1, 0.15) is 17.3 Å². The number of carbonyl (C=O) groups is 2. The second-order valence-electron chi connectivity index (χ2n) is 3.77. The van der Waals surface area contributed by atoms with E-state index in [1.165, 1.54) is 26.2 Å². The van der Waals surface area contributed by atoms with Gasteiger partial charge in [-0.2, -0.15) is 8.78 Å². The van der Waals surface area contributed by atoms with Crippen LogP contribution in [-0.2, 0) is 4.79 Å². The Morgan fingerprint density at radius 1 is 1.35 bits per heavy atom. The highest BCUT2D eigenvalue weighted by Crippen LogP contribution is 2.26. The molecule has 1 amide bonds. The number of aliphatic carboxylic acids is 1. The van der Waals surface area contributed by atoms with Gasteiger partial charge in [-0.1, -0.05) is 0 Å². The summed E-state index contributed by atoms with van der Waals surface area (Å²) < 4.78 is 33.7. The molecule has 0 aromatic heterocycles. The maximum atomic E-state index is 12.3. The van der Waals surface area contributed by atoms with Crippen molar-refractivity contribution in [3.8, 4) is 11.5 Å². The van der Waals surface area contributed by atoms with Crippen LogP contribution in [0.2, 0.25) is 0 Å². The third-order valence-corrected chi connectivity index (χ3v) is 2.37. The number of alkyl halides is 2. The lowest BCUT2D eigenvalue weighted by Gasteiger charge is -2.14. The lowest BCUT2D eigenvalue weighted by atomic mass is 10.1. The van der Waals surface area contributed by atoms with Crippen molar-refractivity contribution in [2.24, 2.45) is 0 Å². The third kappa shape index (κ3) is 4.08. The topological polar surface area (TPSA) is 84.9 Å². The molecule has 0 heterocycles. The summed E-state index contributed by atoms with van der Waals surface area (Å²) in [5.41, 5.74) is -0.209. The molecule has 0 fully saturated rings. The van der Waals surface area contributed by atoms with Crippen LogP contribution in [0.15, 0.2) is 18.2 Å². The minimum atomic E-state index is -3.12. The number of amides is 1. The van der Waals surface area contributed by atoms with Gasteiger partial charge in [0.25, 0.3) is 5.91 Å². The van der Waals surface area contributed by atoms with Gasteiger partial charge in [-0.3, -0.25) is 9.59 Å². The van der Waals surface area contributed by atoms with Crippen molar-refractivity contribution in [1.82, 2.24) is 5.32 Å². The number of ether oxygens (including phenoxy) is 2. The van der Waals surface area contributed by atoms with Crippen LogP contribution in [0.4, 0.5) is 8.78 Å². The van der Waals surface area contributed by atoms with Gasteiger partial charge in [0.15, 0.2) is 0 Å². The van der Waals surface area contributed by atoms with Crippen LogP contribution in [0.25, 0.3) is 0 Å². The maximum Gasteiger partial charge on any atom is 0.387 e. The minimum absolute atomic E-state index is 0.209. The predicted octanol–water partition coefficient (Wildman–Crippen LogP) is 1.50. The van der Waals surface area contributed by atoms with E-state index in [0.717, 1.165) is 6.07 Å². The Hall–Kier alpha value is -2.38. The zero-order valence-corrected chi connectivity index (χ0v) is 10.7. The second kappa shape index (κ2) is 6.69. The molecule has 110 valence electrons. The molecule has 20 heavy (non-hydrogen) atoms. The highest BCUT2D eigenvalue weighted by Gasteiger charge is 2.20. The van der Waals surface area contributed by atoms with Crippen LogP contribution < -0.4 is 14.8 Å². The normalized spacial score (nSPS) is 11.8. The van der Waals surface area contributed by atoms with Gasteiger partial charge in [0.2, 0.25) is 0 Å². The average Bonchev–Trinajstić information content (AvgIpc) is 2.37. The average molecular weight is 289 g/mol. The van der Waals surface area contributed by atoms with Gasteiger partial charge in [-0.25, -0.2) is 0 Å². The van der Waals surface area contributed by atoms with Crippen molar-refractivity contribution < 1.29 is 33.0 Å². The molecule has 0 spiro atoms. The summed E-state index contributed by atoms with van der Waals surface area (Å²) in [7, 11) is 1.33. The van der Waals surface area contributed by atoms with Gasteiger partial charge in [0, 0.05) is 6.07 Å². The fourth-order valence-electron chi connectivity index (χ4n) is 1.35. The number of nitrogens with one attached hydrogen (secondary N) is 1. The molecule has 1 atom stereocenters. The van der Waals surface area contributed by atoms with Crippen LogP contribution in [0, 0.1) is 0 Å². The number of carbonyl (C=O) groups excluding carboxylic acids is 1. The largest absolute Gasteiger partial charge is 0.497 e. The smallest absolute Gasteiger partial charge is 0.387 e. The Morgan fingerprint density at radius 2 is 2.00 bits per heavy atom. The maximum absolute atomic E-state index is 12.3. The van der Waals surface area contributed by atoms with E-state index < -0.39 is 30.3 Å². The highest BCUT2D eigenvalue weighted by molar-refractivity contribution is 5.99. The molecule has 0 aliphatic heterocycles. The Morgan fingerprint density at radius 3 is 2.50 bits per heavy atom. The minimum Gasteiger partial charge on any atom is -0.497 e. The van der Waals surface area contributed by atoms with Crippen molar-refractivity contribution in [3.05, 3.63) is 23.8 Å². The van der Waals surface area contributed by atoms with Crippen LogP contribution in [-0.4, -0.2) is 36.7 Å². The van der Waals surface area contributed by atoms with E-state index in [9.17, 15) is 18.4 Å². The molecule has 2 N–H and O–H groups in total. The first-order chi connectivity index (χ1) is 9.35. The zero-order valence-electron chi connectivity index (χ0n) is 10.7. The van der Waals surface area contributed by atoms with Gasteiger partial charge in [-0.05, 0) is 19.1 Å². The molecule has 1 rings (SSSR count). The molecule has 0 saturated carbocycles. The first-order valence-electron chi connectivity index (χ1n) is 5.51. The third-order valence-electron chi connectivity index (χ3n) is 2.37. The predicted molar refractivity (Wildman–Crippen MR) is 64.2 cm³/mol. The van der Waals surface area contributed by atoms with E-state index in [2.05, 4.69) is 10.1 Å². The lowest BCUT2D eigenvalue weighted by Crippen LogP contribution is -2.38. The molecule has 0 radical (unpaired) electrons. The quantitative estimate of drug-likeness (QED) is 0.829. The fraction of sp³-hybridized carbons (Fsp3) is 0.333. The van der Waals surface area contributed by atoms with Gasteiger partial charge in [0.1, 0.15) is 17.5 Å². The molecule has 0 bridgehead atoms. The number of benzene rings is 1. The molecular formula is C12H13F2NO5. The molecular weight excluding hydrogens is 276 g/mol. The Labute approximate surface area is 113 Å². The van der Waals surface area contributed by atoms with Crippen LogP contribution in [0.5, 0.6) is 11.5 Å². The van der Waals surface area contributed by atoms with Crippen molar-refractivity contribution in [2.75, 3.05) is 7.11 Å².